The van der Waals surface area contributed by atoms with Crippen molar-refractivity contribution in [3.05, 3.63) is 60.4 Å². The van der Waals surface area contributed by atoms with E-state index in [2.05, 4.69) is 15.0 Å². The van der Waals surface area contributed by atoms with Crippen LogP contribution in [0.3, 0.4) is 0 Å². The minimum Gasteiger partial charge on any atom is -0.471 e. The van der Waals surface area contributed by atoms with Crippen LogP contribution in [0.15, 0.2) is 48.9 Å². The lowest BCUT2D eigenvalue weighted by Crippen LogP contribution is -2.31. The predicted octanol–water partition coefficient (Wildman–Crippen LogP) is 2.97. The maximum atomic E-state index is 13.1. The van der Waals surface area contributed by atoms with Gasteiger partial charge in [0.05, 0.1) is 18.9 Å². The highest BCUT2D eigenvalue weighted by Crippen LogP contribution is 2.23. The van der Waals surface area contributed by atoms with Gasteiger partial charge in [-0.2, -0.15) is 4.98 Å². The number of hydrogen-bond donors (Lipinski definition) is 1. The van der Waals surface area contributed by atoms with Gasteiger partial charge in [0, 0.05) is 33.3 Å². The summed E-state index contributed by atoms with van der Waals surface area (Å²) >= 11 is 0. The highest BCUT2D eigenvalue weighted by atomic mass is 19.1. The van der Waals surface area contributed by atoms with E-state index < -0.39 is 0 Å². The average Bonchev–Trinajstić information content (AvgIpc) is 3.38. The highest BCUT2D eigenvalue weighted by molar-refractivity contribution is 5.94. The molecule has 3 heterocycles. The number of nitrogens with one attached hydrogen (secondary N) is 1. The van der Waals surface area contributed by atoms with Crippen LogP contribution < -0.4 is 9.64 Å². The summed E-state index contributed by atoms with van der Waals surface area (Å²) in [7, 11) is 3.78. The molecule has 2 aromatic heterocycles. The van der Waals surface area contributed by atoms with Crippen LogP contribution >= 0.6 is 0 Å². The van der Waals surface area contributed by atoms with E-state index in [1.54, 1.807) is 41.7 Å². The SMILES string of the molecule is CN(C)c1cncc(OC2CCN(C(=O)c3cc(-c4ccc(F)cc4)c[nH]3)C2)n1. The Balaban J connectivity index is 1.40. The first-order valence-electron chi connectivity index (χ1n) is 9.39. The third-order valence-electron chi connectivity index (χ3n) is 4.87. The monoisotopic (exact) mass is 395 g/mol. The molecule has 8 heteroatoms. The number of H-pyrrole nitrogens is 1. The van der Waals surface area contributed by atoms with Crippen molar-refractivity contribution in [1.82, 2.24) is 19.9 Å². The van der Waals surface area contributed by atoms with Crippen molar-refractivity contribution in [3.8, 4) is 17.0 Å². The first-order chi connectivity index (χ1) is 14.0. The van der Waals surface area contributed by atoms with Crippen LogP contribution in [0, 0.1) is 5.82 Å². The molecule has 1 amide bonds. The fourth-order valence-electron chi connectivity index (χ4n) is 3.29. The van der Waals surface area contributed by atoms with Crippen molar-refractivity contribution in [2.75, 3.05) is 32.1 Å². The lowest BCUT2D eigenvalue weighted by molar-refractivity contribution is 0.0766. The van der Waals surface area contributed by atoms with E-state index in [4.69, 9.17) is 4.74 Å². The number of aromatic nitrogens is 3. The van der Waals surface area contributed by atoms with E-state index in [1.165, 1.54) is 12.1 Å². The van der Waals surface area contributed by atoms with Crippen molar-refractivity contribution < 1.29 is 13.9 Å². The number of nitrogens with zero attached hydrogens (tertiary/aromatic N) is 4. The Morgan fingerprint density at radius 3 is 2.79 bits per heavy atom. The van der Waals surface area contributed by atoms with Gasteiger partial charge in [-0.15, -0.1) is 0 Å². The maximum Gasteiger partial charge on any atom is 0.270 e. The molecule has 1 atom stereocenters. The van der Waals surface area contributed by atoms with Crippen molar-refractivity contribution in [2.45, 2.75) is 12.5 Å². The van der Waals surface area contributed by atoms with Gasteiger partial charge in [-0.25, -0.2) is 4.39 Å². The summed E-state index contributed by atoms with van der Waals surface area (Å²) in [6.45, 7) is 1.09. The van der Waals surface area contributed by atoms with Crippen molar-refractivity contribution in [3.63, 3.8) is 0 Å². The summed E-state index contributed by atoms with van der Waals surface area (Å²) in [6.07, 6.45) is 5.61. The zero-order valence-electron chi connectivity index (χ0n) is 16.3. The molecule has 0 spiro atoms. The molecule has 0 aliphatic carbocycles. The largest absolute Gasteiger partial charge is 0.471 e. The Morgan fingerprint density at radius 2 is 2.03 bits per heavy atom. The minimum absolute atomic E-state index is 0.0856. The molecule has 1 unspecified atom stereocenters. The number of carbonyl (C=O) groups is 1. The van der Waals surface area contributed by atoms with Gasteiger partial charge in [0.1, 0.15) is 17.6 Å². The second kappa shape index (κ2) is 7.90. The summed E-state index contributed by atoms with van der Waals surface area (Å²) in [5, 5.41) is 0. The van der Waals surface area contributed by atoms with Crippen LogP contribution in [-0.2, 0) is 0 Å². The molecular formula is C21H22FN5O2. The Bertz CT molecular complexity index is 1000. The van der Waals surface area contributed by atoms with Gasteiger partial charge in [0.15, 0.2) is 5.82 Å². The summed E-state index contributed by atoms with van der Waals surface area (Å²) in [4.78, 5) is 28.0. The molecule has 1 N–H and O–H groups in total. The normalized spacial score (nSPS) is 16.1. The van der Waals surface area contributed by atoms with Gasteiger partial charge in [-0.05, 0) is 29.3 Å². The Hall–Kier alpha value is -3.42. The van der Waals surface area contributed by atoms with Crippen LogP contribution in [0.25, 0.3) is 11.1 Å². The second-order valence-corrected chi connectivity index (χ2v) is 7.20. The lowest BCUT2D eigenvalue weighted by Gasteiger charge is -2.17. The second-order valence-electron chi connectivity index (χ2n) is 7.20. The quantitative estimate of drug-likeness (QED) is 0.719. The zero-order chi connectivity index (χ0) is 20.4. The first-order valence-corrected chi connectivity index (χ1v) is 9.39. The Labute approximate surface area is 168 Å². The topological polar surface area (TPSA) is 74.3 Å². The van der Waals surface area contributed by atoms with Crippen LogP contribution in [0.2, 0.25) is 0 Å². The molecule has 150 valence electrons. The number of anilines is 1. The molecule has 1 aliphatic heterocycles. The third kappa shape index (κ3) is 4.21. The Kier molecular flexibility index (Phi) is 5.16. The van der Waals surface area contributed by atoms with Crippen molar-refractivity contribution in [2.24, 2.45) is 0 Å². The smallest absolute Gasteiger partial charge is 0.270 e. The molecule has 0 radical (unpaired) electrons. The van der Waals surface area contributed by atoms with E-state index in [-0.39, 0.29) is 17.8 Å². The summed E-state index contributed by atoms with van der Waals surface area (Å²) < 4.78 is 19.0. The van der Waals surface area contributed by atoms with Crippen molar-refractivity contribution >= 4 is 11.7 Å². The van der Waals surface area contributed by atoms with Crippen LogP contribution in [0.1, 0.15) is 16.9 Å². The minimum atomic E-state index is -0.287. The van der Waals surface area contributed by atoms with Gasteiger partial charge < -0.3 is 19.5 Å². The van der Waals surface area contributed by atoms with E-state index in [0.717, 1.165) is 17.5 Å². The van der Waals surface area contributed by atoms with E-state index in [0.29, 0.717) is 30.5 Å². The van der Waals surface area contributed by atoms with Gasteiger partial charge in [-0.3, -0.25) is 9.78 Å². The highest BCUT2D eigenvalue weighted by Gasteiger charge is 2.29. The molecule has 1 aliphatic rings. The fraction of sp³-hybridized carbons (Fsp3) is 0.286. The molecule has 1 fully saturated rings. The molecule has 7 nitrogen and oxygen atoms in total. The number of benzene rings is 1. The number of halogens is 1. The number of ether oxygens (including phenoxy) is 1. The van der Waals surface area contributed by atoms with Gasteiger partial charge in [0.25, 0.3) is 5.91 Å². The summed E-state index contributed by atoms with van der Waals surface area (Å²) in [5.41, 5.74) is 2.19. The first kappa shape index (κ1) is 18.9. The average molecular weight is 395 g/mol. The molecule has 3 aromatic rings. The van der Waals surface area contributed by atoms with Crippen LogP contribution in [0.4, 0.5) is 10.2 Å². The van der Waals surface area contributed by atoms with Crippen LogP contribution in [0.5, 0.6) is 5.88 Å². The molecule has 0 saturated carbocycles. The van der Waals surface area contributed by atoms with Crippen molar-refractivity contribution in [1.29, 1.82) is 0 Å². The zero-order valence-corrected chi connectivity index (χ0v) is 16.3. The molecule has 0 bridgehead atoms. The number of carbonyl (C=O) groups excluding carboxylic acids is 1. The Morgan fingerprint density at radius 1 is 1.24 bits per heavy atom. The number of aromatic amines is 1. The number of amides is 1. The van der Waals surface area contributed by atoms with Gasteiger partial charge in [0.2, 0.25) is 5.88 Å². The fourth-order valence-corrected chi connectivity index (χ4v) is 3.29. The van der Waals surface area contributed by atoms with Crippen LogP contribution in [-0.4, -0.2) is 59.0 Å². The maximum absolute atomic E-state index is 13.1. The third-order valence-corrected chi connectivity index (χ3v) is 4.87. The lowest BCUT2D eigenvalue weighted by atomic mass is 10.1. The standard InChI is InChI=1S/C21H22FN5O2/c1-26(2)19-11-23-12-20(25-19)29-17-7-8-27(13-17)21(28)18-9-15(10-24-18)14-3-5-16(22)6-4-14/h3-6,9-12,17,24H,7-8,13H2,1-2H3. The van der Waals surface area contributed by atoms with Gasteiger partial charge >= 0.3 is 0 Å². The number of likely N-dealkylation sites (tertiary alicyclic amines) is 1. The molecule has 1 aromatic carbocycles. The number of hydrogen-bond acceptors (Lipinski definition) is 5. The van der Waals surface area contributed by atoms with E-state index in [9.17, 15) is 9.18 Å². The summed E-state index contributed by atoms with van der Waals surface area (Å²) in [5.74, 6) is 0.796. The van der Waals surface area contributed by atoms with E-state index in [1.807, 2.05) is 19.0 Å². The molecule has 29 heavy (non-hydrogen) atoms. The van der Waals surface area contributed by atoms with Gasteiger partial charge in [-0.1, -0.05) is 12.1 Å². The predicted molar refractivity (Wildman–Crippen MR) is 107 cm³/mol. The molecule has 4 rings (SSSR count). The van der Waals surface area contributed by atoms with E-state index >= 15 is 0 Å². The molecule has 1 saturated heterocycles. The summed E-state index contributed by atoms with van der Waals surface area (Å²) in [6, 6.07) is 7.97. The molecular weight excluding hydrogens is 373 g/mol. The number of rotatable bonds is 5.